The molecule has 0 aliphatic heterocycles. The molecular weight excluding hydrogens is 346 g/mol. The van der Waals surface area contributed by atoms with E-state index in [-0.39, 0.29) is 5.91 Å². The van der Waals surface area contributed by atoms with E-state index in [4.69, 9.17) is 16.3 Å². The van der Waals surface area contributed by atoms with Gasteiger partial charge in [-0.2, -0.15) is 0 Å². The molecule has 0 radical (unpaired) electrons. The van der Waals surface area contributed by atoms with Crippen LogP contribution >= 0.6 is 22.9 Å². The summed E-state index contributed by atoms with van der Waals surface area (Å²) >= 11 is 7.41. The number of aryl methyl sites for hydroxylation is 3. The molecule has 1 aliphatic rings. The number of benzene rings is 1. The Kier molecular flexibility index (Phi) is 4.92. The van der Waals surface area contributed by atoms with E-state index in [0.29, 0.717) is 15.6 Å². The van der Waals surface area contributed by atoms with Crippen molar-refractivity contribution in [3.8, 4) is 0 Å². The summed E-state index contributed by atoms with van der Waals surface area (Å²) in [6.45, 7) is 3.43. The van der Waals surface area contributed by atoms with Crippen molar-refractivity contribution in [2.45, 2.75) is 39.2 Å². The summed E-state index contributed by atoms with van der Waals surface area (Å²) in [5.74, 6) is -0.822. The summed E-state index contributed by atoms with van der Waals surface area (Å²) in [6.07, 6.45) is 2.31. The number of hydrogen-bond donors (Lipinski definition) is 1. The standard InChI is InChI=1S/C18H18ClNO3S/c1-10-6-7-13(19)9-14(10)20-17(21)11(2)23-18(22)16-8-12-4-3-5-15(12)24-16/h6-9,11H,3-5H2,1-2H3,(H,20,21)/t11-/m1/s1. The summed E-state index contributed by atoms with van der Waals surface area (Å²) in [5.41, 5.74) is 2.74. The highest BCUT2D eigenvalue weighted by Gasteiger charge is 2.23. The first-order valence-electron chi connectivity index (χ1n) is 7.83. The SMILES string of the molecule is Cc1ccc(Cl)cc1NC(=O)[C@@H](C)OC(=O)c1cc2c(s1)CCC2. The Bertz CT molecular complexity index is 778. The molecule has 2 aromatic rings. The summed E-state index contributed by atoms with van der Waals surface area (Å²) in [7, 11) is 0. The van der Waals surface area contributed by atoms with Crippen LogP contribution in [-0.2, 0) is 22.4 Å². The predicted molar refractivity (Wildman–Crippen MR) is 96.0 cm³/mol. The van der Waals surface area contributed by atoms with Crippen LogP contribution in [0.25, 0.3) is 0 Å². The normalized spacial score (nSPS) is 14.1. The molecule has 0 unspecified atom stereocenters. The highest BCUT2D eigenvalue weighted by molar-refractivity contribution is 7.14. The number of carbonyl (C=O) groups excluding carboxylic acids is 2. The fourth-order valence-electron chi connectivity index (χ4n) is 2.67. The minimum atomic E-state index is -0.882. The molecule has 4 nitrogen and oxygen atoms in total. The minimum Gasteiger partial charge on any atom is -0.448 e. The van der Waals surface area contributed by atoms with Crippen molar-refractivity contribution >= 4 is 40.5 Å². The third-order valence-electron chi connectivity index (χ3n) is 4.06. The van der Waals surface area contributed by atoms with Crippen LogP contribution in [0.2, 0.25) is 5.02 Å². The summed E-state index contributed by atoms with van der Waals surface area (Å²) in [5, 5.41) is 3.29. The molecule has 24 heavy (non-hydrogen) atoms. The number of amides is 1. The van der Waals surface area contributed by atoms with E-state index in [1.165, 1.54) is 21.8 Å². The van der Waals surface area contributed by atoms with Crippen LogP contribution in [0.5, 0.6) is 0 Å². The second-order valence-electron chi connectivity index (χ2n) is 5.91. The molecule has 1 aromatic carbocycles. The largest absolute Gasteiger partial charge is 0.448 e. The lowest BCUT2D eigenvalue weighted by Gasteiger charge is -2.14. The number of fused-ring (bicyclic) bond motifs is 1. The van der Waals surface area contributed by atoms with Gasteiger partial charge in [-0.1, -0.05) is 17.7 Å². The third-order valence-corrected chi connectivity index (χ3v) is 5.51. The Balaban J connectivity index is 1.63. The molecule has 6 heteroatoms. The van der Waals surface area contributed by atoms with E-state index in [0.717, 1.165) is 24.8 Å². The second kappa shape index (κ2) is 6.95. The van der Waals surface area contributed by atoms with E-state index in [9.17, 15) is 9.59 Å². The van der Waals surface area contributed by atoms with Gasteiger partial charge in [-0.25, -0.2) is 4.79 Å². The fraction of sp³-hybridized carbons (Fsp3) is 0.333. The molecule has 0 fully saturated rings. The quantitative estimate of drug-likeness (QED) is 0.820. The lowest BCUT2D eigenvalue weighted by Crippen LogP contribution is -2.30. The van der Waals surface area contributed by atoms with Crippen molar-refractivity contribution in [3.05, 3.63) is 50.2 Å². The molecular formula is C18H18ClNO3S. The monoisotopic (exact) mass is 363 g/mol. The zero-order chi connectivity index (χ0) is 17.3. The van der Waals surface area contributed by atoms with Crippen LogP contribution in [0.3, 0.4) is 0 Å². The van der Waals surface area contributed by atoms with Crippen molar-refractivity contribution in [1.82, 2.24) is 0 Å². The van der Waals surface area contributed by atoms with Gasteiger partial charge >= 0.3 is 5.97 Å². The van der Waals surface area contributed by atoms with Gasteiger partial charge in [-0.05, 0) is 62.4 Å². The lowest BCUT2D eigenvalue weighted by molar-refractivity contribution is -0.123. The maximum Gasteiger partial charge on any atom is 0.349 e. The van der Waals surface area contributed by atoms with Crippen LogP contribution in [0.15, 0.2) is 24.3 Å². The van der Waals surface area contributed by atoms with Crippen molar-refractivity contribution in [2.75, 3.05) is 5.32 Å². The maximum absolute atomic E-state index is 12.3. The molecule has 3 rings (SSSR count). The van der Waals surface area contributed by atoms with Crippen LogP contribution in [0, 0.1) is 6.92 Å². The first-order chi connectivity index (χ1) is 11.4. The topological polar surface area (TPSA) is 55.4 Å². The van der Waals surface area contributed by atoms with Gasteiger partial charge in [-0.15, -0.1) is 11.3 Å². The Hall–Kier alpha value is -1.85. The van der Waals surface area contributed by atoms with Gasteiger partial charge in [0, 0.05) is 15.6 Å². The number of esters is 1. The molecule has 1 aromatic heterocycles. The molecule has 0 bridgehead atoms. The Morgan fingerprint density at radius 1 is 1.29 bits per heavy atom. The Labute approximate surface area is 149 Å². The van der Waals surface area contributed by atoms with Crippen LogP contribution in [-0.4, -0.2) is 18.0 Å². The molecule has 1 atom stereocenters. The summed E-state index contributed by atoms with van der Waals surface area (Å²) in [6, 6.07) is 7.14. The van der Waals surface area contributed by atoms with Gasteiger partial charge in [0.15, 0.2) is 6.10 Å². The maximum atomic E-state index is 12.3. The van der Waals surface area contributed by atoms with Gasteiger partial charge in [0.2, 0.25) is 0 Å². The van der Waals surface area contributed by atoms with Gasteiger partial charge in [0.1, 0.15) is 4.88 Å². The Morgan fingerprint density at radius 2 is 2.08 bits per heavy atom. The van der Waals surface area contributed by atoms with E-state index in [2.05, 4.69) is 5.32 Å². The van der Waals surface area contributed by atoms with Gasteiger partial charge < -0.3 is 10.1 Å². The first kappa shape index (κ1) is 17.0. The molecule has 1 N–H and O–H groups in total. The summed E-state index contributed by atoms with van der Waals surface area (Å²) < 4.78 is 5.30. The Morgan fingerprint density at radius 3 is 2.83 bits per heavy atom. The van der Waals surface area contributed by atoms with E-state index < -0.39 is 12.1 Å². The van der Waals surface area contributed by atoms with Gasteiger partial charge in [-0.3, -0.25) is 4.79 Å². The average Bonchev–Trinajstić information content (AvgIpc) is 3.12. The van der Waals surface area contributed by atoms with E-state index in [1.54, 1.807) is 19.1 Å². The smallest absolute Gasteiger partial charge is 0.349 e. The van der Waals surface area contributed by atoms with E-state index in [1.807, 2.05) is 19.1 Å². The molecule has 1 amide bonds. The van der Waals surface area contributed by atoms with Crippen LogP contribution in [0.1, 0.15) is 39.0 Å². The number of nitrogens with one attached hydrogen (secondary N) is 1. The molecule has 126 valence electrons. The third kappa shape index (κ3) is 3.62. The second-order valence-corrected chi connectivity index (χ2v) is 7.48. The molecule has 1 aliphatic carbocycles. The number of halogens is 1. The number of carbonyl (C=O) groups is 2. The van der Waals surface area contributed by atoms with Crippen molar-refractivity contribution in [3.63, 3.8) is 0 Å². The molecule has 0 saturated heterocycles. The lowest BCUT2D eigenvalue weighted by atomic mass is 10.2. The van der Waals surface area contributed by atoms with E-state index >= 15 is 0 Å². The van der Waals surface area contributed by atoms with Crippen LogP contribution < -0.4 is 5.32 Å². The molecule has 0 saturated carbocycles. The number of rotatable bonds is 4. The number of anilines is 1. The van der Waals surface area contributed by atoms with Gasteiger partial charge in [0.05, 0.1) is 0 Å². The molecule has 0 spiro atoms. The fourth-order valence-corrected chi connectivity index (χ4v) is 3.97. The highest BCUT2D eigenvalue weighted by Crippen LogP contribution is 2.31. The number of hydrogen-bond acceptors (Lipinski definition) is 4. The van der Waals surface area contributed by atoms with Crippen molar-refractivity contribution < 1.29 is 14.3 Å². The zero-order valence-electron chi connectivity index (χ0n) is 13.5. The van der Waals surface area contributed by atoms with Crippen molar-refractivity contribution in [2.24, 2.45) is 0 Å². The first-order valence-corrected chi connectivity index (χ1v) is 9.03. The zero-order valence-corrected chi connectivity index (χ0v) is 15.1. The number of thiophene rings is 1. The molecule has 1 heterocycles. The minimum absolute atomic E-state index is 0.377. The van der Waals surface area contributed by atoms with Crippen molar-refractivity contribution in [1.29, 1.82) is 0 Å². The van der Waals surface area contributed by atoms with Crippen LogP contribution in [0.4, 0.5) is 5.69 Å². The average molecular weight is 364 g/mol. The predicted octanol–water partition coefficient (Wildman–Crippen LogP) is 4.38. The highest BCUT2D eigenvalue weighted by atomic mass is 35.5. The number of ether oxygens (including phenoxy) is 1. The van der Waals surface area contributed by atoms with Gasteiger partial charge in [0.25, 0.3) is 5.91 Å². The summed E-state index contributed by atoms with van der Waals surface area (Å²) in [4.78, 5) is 26.3.